The summed E-state index contributed by atoms with van der Waals surface area (Å²) in [6, 6.07) is 90.2. The molecule has 0 atom stereocenters. The first-order valence-electron chi connectivity index (χ1n) is 26.9. The van der Waals surface area contributed by atoms with E-state index in [1.165, 1.54) is 44.5 Å². The zero-order chi connectivity index (χ0) is 51.6. The second kappa shape index (κ2) is 17.1. The van der Waals surface area contributed by atoms with Crippen molar-refractivity contribution in [2.45, 2.75) is 38.5 Å². The molecular weight excluding hydrogens is 936 g/mol. The fraction of sp³-hybridized carbons (Fsp3) is 0.0833. The lowest BCUT2D eigenvalue weighted by molar-refractivity contribution is 0.466. The number of nitrogens with zero attached hydrogens (tertiary/aromatic N) is 2. The van der Waals surface area contributed by atoms with E-state index in [0.717, 1.165) is 95.8 Å². The highest BCUT2D eigenvalue weighted by Gasteiger charge is 2.48. The summed E-state index contributed by atoms with van der Waals surface area (Å²) in [7, 11) is 0. The van der Waals surface area contributed by atoms with Crippen LogP contribution < -0.4 is 35.7 Å². The Morgan fingerprint density at radius 3 is 0.974 bits per heavy atom. The molecule has 0 fully saturated rings. The Morgan fingerprint density at radius 2 is 0.623 bits per heavy atom. The fourth-order valence-corrected chi connectivity index (χ4v) is 13.2. The zero-order valence-electron chi connectivity index (χ0n) is 43.5. The highest BCUT2D eigenvalue weighted by atomic mass is 16.5. The van der Waals surface area contributed by atoms with E-state index < -0.39 is 0 Å². The number of fused-ring (bicyclic) bond motifs is 10. The quantitative estimate of drug-likeness (QED) is 0.142. The molecule has 0 unspecified atom stereocenters. The molecule has 5 heteroatoms. The van der Waals surface area contributed by atoms with Crippen LogP contribution in [0.1, 0.15) is 49.9 Å². The van der Waals surface area contributed by atoms with Crippen molar-refractivity contribution in [2.75, 3.05) is 9.80 Å². The monoisotopic (exact) mass is 988 g/mol. The van der Waals surface area contributed by atoms with Crippen LogP contribution in [0.5, 0.6) is 23.0 Å². The van der Waals surface area contributed by atoms with E-state index in [4.69, 9.17) is 9.47 Å². The Hall–Kier alpha value is -9.32. The normalized spacial score (nSPS) is 14.1. The number of benzene rings is 11. The average Bonchev–Trinajstić information content (AvgIpc) is 4.03. The number of hydrogen-bond acceptors (Lipinski definition) is 4. The molecule has 11 aromatic carbocycles. The maximum atomic E-state index is 7.50. The van der Waals surface area contributed by atoms with Gasteiger partial charge in [-0.2, -0.15) is 0 Å². The van der Waals surface area contributed by atoms with Crippen molar-refractivity contribution < 1.29 is 9.47 Å². The van der Waals surface area contributed by atoms with Gasteiger partial charge in [-0.3, -0.25) is 0 Å². The van der Waals surface area contributed by atoms with Gasteiger partial charge >= 0.3 is 0 Å². The van der Waals surface area contributed by atoms with E-state index in [1.54, 1.807) is 0 Å². The smallest absolute Gasteiger partial charge is 0.260 e. The molecule has 0 saturated heterocycles. The molecule has 11 aromatic rings. The topological polar surface area (TPSA) is 24.9 Å². The summed E-state index contributed by atoms with van der Waals surface area (Å²) < 4.78 is 15.0. The zero-order valence-corrected chi connectivity index (χ0v) is 43.5. The molecule has 77 heavy (non-hydrogen) atoms. The summed E-state index contributed by atoms with van der Waals surface area (Å²) in [5, 5.41) is 0. The van der Waals surface area contributed by atoms with E-state index >= 15 is 0 Å². The largest absolute Gasteiger partial charge is 0.458 e. The minimum atomic E-state index is -0.334. The lowest BCUT2D eigenvalue weighted by Crippen LogP contribution is -2.58. The number of anilines is 6. The first kappa shape index (κ1) is 45.1. The molecule has 0 amide bonds. The van der Waals surface area contributed by atoms with E-state index in [2.05, 4.69) is 286 Å². The molecule has 2 heterocycles. The first-order chi connectivity index (χ1) is 37.7. The number of rotatable bonds is 8. The Bertz CT molecular complexity index is 3800. The van der Waals surface area contributed by atoms with Gasteiger partial charge in [-0.1, -0.05) is 185 Å². The third-order valence-corrected chi connectivity index (χ3v) is 16.9. The summed E-state index contributed by atoms with van der Waals surface area (Å²) in [4.78, 5) is 4.73. The van der Waals surface area contributed by atoms with Crippen molar-refractivity contribution in [2.24, 2.45) is 0 Å². The van der Waals surface area contributed by atoms with Gasteiger partial charge in [0.25, 0.3) is 6.71 Å². The minimum Gasteiger partial charge on any atom is -0.458 e. The summed E-state index contributed by atoms with van der Waals surface area (Å²) in [6.45, 7) is 9.37. The number of para-hydroxylation sites is 4. The molecule has 4 nitrogen and oxygen atoms in total. The van der Waals surface area contributed by atoms with Crippen molar-refractivity contribution in [3.8, 4) is 67.5 Å². The number of ether oxygens (including phenoxy) is 2. The summed E-state index contributed by atoms with van der Waals surface area (Å²) in [5.74, 6) is 3.44. The summed E-state index contributed by atoms with van der Waals surface area (Å²) >= 11 is 0. The van der Waals surface area contributed by atoms with Gasteiger partial charge in [-0.05, 0) is 158 Å². The van der Waals surface area contributed by atoms with Crippen molar-refractivity contribution >= 4 is 57.2 Å². The van der Waals surface area contributed by atoms with Gasteiger partial charge < -0.3 is 19.3 Å². The van der Waals surface area contributed by atoms with Crippen LogP contribution in [0.25, 0.3) is 44.5 Å². The lowest BCUT2D eigenvalue weighted by Gasteiger charge is -2.37. The predicted octanol–water partition coefficient (Wildman–Crippen LogP) is 17.3. The van der Waals surface area contributed by atoms with Crippen LogP contribution >= 0.6 is 0 Å². The third kappa shape index (κ3) is 6.93. The van der Waals surface area contributed by atoms with Crippen LogP contribution in [-0.2, 0) is 10.8 Å². The van der Waals surface area contributed by atoms with E-state index in [9.17, 15) is 0 Å². The predicted molar refractivity (Wildman–Crippen MR) is 319 cm³/mol. The SMILES string of the molecule is CC1(C)c2cc(N(c3ccccc3)c3ccccc3)ccc2-c2cc3c(cc21)B1c2cc4c(cc2Oc2c(-c5ccccc5)cc(-c5ccccc5)c(c21)O3)-c1ccc(N(c2ccccc2)c2ccccc2)cc1C4(C)C. The van der Waals surface area contributed by atoms with Crippen LogP contribution in [0.4, 0.5) is 34.1 Å². The van der Waals surface area contributed by atoms with Gasteiger partial charge in [0.05, 0.1) is 0 Å². The van der Waals surface area contributed by atoms with Gasteiger partial charge in [0, 0.05) is 61.5 Å². The van der Waals surface area contributed by atoms with Gasteiger partial charge in [0.15, 0.2) is 0 Å². The maximum absolute atomic E-state index is 7.50. The molecule has 366 valence electrons. The molecule has 0 aromatic heterocycles. The molecule has 2 aliphatic carbocycles. The molecule has 2 aliphatic heterocycles. The number of hydrogen-bond donors (Lipinski definition) is 0. The van der Waals surface area contributed by atoms with Crippen molar-refractivity contribution in [1.29, 1.82) is 0 Å². The minimum absolute atomic E-state index is 0.197. The van der Waals surface area contributed by atoms with Crippen LogP contribution in [0, 0.1) is 0 Å². The molecule has 0 N–H and O–H groups in total. The summed E-state index contributed by atoms with van der Waals surface area (Å²) in [5.41, 5.74) is 23.8. The van der Waals surface area contributed by atoms with Crippen LogP contribution in [-0.4, -0.2) is 6.71 Å². The molecular formula is C72H53BN2O2. The molecule has 15 rings (SSSR count). The van der Waals surface area contributed by atoms with Gasteiger partial charge in [-0.15, -0.1) is 0 Å². The Kier molecular flexibility index (Phi) is 10.0. The fourth-order valence-electron chi connectivity index (χ4n) is 13.2. The van der Waals surface area contributed by atoms with Gasteiger partial charge in [0.2, 0.25) is 0 Å². The molecule has 0 bridgehead atoms. The summed E-state index contributed by atoms with van der Waals surface area (Å²) in [6.07, 6.45) is 0. The van der Waals surface area contributed by atoms with Crippen LogP contribution in [0.2, 0.25) is 0 Å². The molecule has 0 spiro atoms. The second-order valence-electron chi connectivity index (χ2n) is 22.0. The van der Waals surface area contributed by atoms with Gasteiger partial charge in [-0.25, -0.2) is 0 Å². The van der Waals surface area contributed by atoms with Crippen LogP contribution in [0.3, 0.4) is 0 Å². The van der Waals surface area contributed by atoms with E-state index in [0.29, 0.717) is 0 Å². The average molecular weight is 989 g/mol. The van der Waals surface area contributed by atoms with Crippen LogP contribution in [0.15, 0.2) is 249 Å². The lowest BCUT2D eigenvalue weighted by atomic mass is 9.34. The Morgan fingerprint density at radius 1 is 0.299 bits per heavy atom. The third-order valence-electron chi connectivity index (χ3n) is 16.9. The second-order valence-corrected chi connectivity index (χ2v) is 22.0. The van der Waals surface area contributed by atoms with Crippen molar-refractivity contribution in [1.82, 2.24) is 0 Å². The Balaban J connectivity index is 0.929. The van der Waals surface area contributed by atoms with Gasteiger partial charge in [0.1, 0.15) is 23.0 Å². The highest BCUT2D eigenvalue weighted by Crippen LogP contribution is 2.56. The first-order valence-corrected chi connectivity index (χ1v) is 26.9. The highest BCUT2D eigenvalue weighted by molar-refractivity contribution is 6.98. The Labute approximate surface area is 451 Å². The van der Waals surface area contributed by atoms with Crippen molar-refractivity contribution in [3.63, 3.8) is 0 Å². The maximum Gasteiger partial charge on any atom is 0.260 e. The molecule has 0 saturated carbocycles. The van der Waals surface area contributed by atoms with Crippen molar-refractivity contribution in [3.05, 3.63) is 271 Å². The molecule has 4 aliphatic rings. The standard InChI is InChI=1S/C72H53BN2O2/c1-71(2)60-39-52(74(48-27-15-7-16-28-48)49-29-17-8-18-30-49)35-37-54(60)58-42-66-64(44-62(58)71)73-65-45-63-59(55-38-36-53(40-61(55)72(63,3)4)75(50-31-19-9-20-32-50)51-33-21-10-22-34-51)43-67(65)77-70-57(47-25-13-6-14-26-47)41-56(69(76-66)68(70)73)46-23-11-5-12-24-46/h5-45H,1-4H3. The molecule has 0 radical (unpaired) electrons. The van der Waals surface area contributed by atoms with E-state index in [-0.39, 0.29) is 17.5 Å². The van der Waals surface area contributed by atoms with E-state index in [1.807, 2.05) is 0 Å².